The van der Waals surface area contributed by atoms with Crippen LogP contribution >= 0.6 is 15.9 Å². The highest BCUT2D eigenvalue weighted by molar-refractivity contribution is 9.10. The Labute approximate surface area is 111 Å². The van der Waals surface area contributed by atoms with Crippen LogP contribution in [0.15, 0.2) is 16.6 Å². The molecule has 2 N–H and O–H groups in total. The second-order valence-corrected chi connectivity index (χ2v) is 4.99. The Kier molecular flexibility index (Phi) is 5.28. The van der Waals surface area contributed by atoms with Crippen LogP contribution in [0.1, 0.15) is 31.9 Å². The van der Waals surface area contributed by atoms with Gasteiger partial charge in [-0.3, -0.25) is 0 Å². The maximum Gasteiger partial charge on any atom is 0.133 e. The summed E-state index contributed by atoms with van der Waals surface area (Å²) in [6.07, 6.45) is 1.03. The van der Waals surface area contributed by atoms with Gasteiger partial charge in [0.15, 0.2) is 0 Å². The SMILES string of the molecule is CCC(C)[C@@H](N)c1cc(OC)c(Br)cc1OC. The molecule has 4 heteroatoms. The summed E-state index contributed by atoms with van der Waals surface area (Å²) in [6.45, 7) is 4.27. The van der Waals surface area contributed by atoms with Crippen molar-refractivity contribution in [2.24, 2.45) is 11.7 Å². The van der Waals surface area contributed by atoms with Crippen LogP contribution in [0.2, 0.25) is 0 Å². The lowest BCUT2D eigenvalue weighted by Crippen LogP contribution is -2.19. The molecular weight excluding hydrogens is 282 g/mol. The fourth-order valence-corrected chi connectivity index (χ4v) is 2.19. The molecular formula is C13H20BrNO2. The highest BCUT2D eigenvalue weighted by Gasteiger charge is 2.19. The number of methoxy groups -OCH3 is 2. The molecule has 1 rings (SSSR count). The van der Waals surface area contributed by atoms with E-state index in [-0.39, 0.29) is 6.04 Å². The quantitative estimate of drug-likeness (QED) is 0.905. The average Bonchev–Trinajstić information content (AvgIpc) is 2.36. The lowest BCUT2D eigenvalue weighted by Gasteiger charge is -2.22. The van der Waals surface area contributed by atoms with Crippen molar-refractivity contribution in [3.05, 3.63) is 22.2 Å². The van der Waals surface area contributed by atoms with Crippen molar-refractivity contribution in [2.75, 3.05) is 14.2 Å². The second kappa shape index (κ2) is 6.26. The Morgan fingerprint density at radius 3 is 2.29 bits per heavy atom. The first-order chi connectivity index (χ1) is 8.04. The van der Waals surface area contributed by atoms with Gasteiger partial charge in [-0.05, 0) is 34.0 Å². The highest BCUT2D eigenvalue weighted by atomic mass is 79.9. The Morgan fingerprint density at radius 2 is 1.82 bits per heavy atom. The summed E-state index contributed by atoms with van der Waals surface area (Å²) >= 11 is 3.44. The number of hydrogen-bond donors (Lipinski definition) is 1. The van der Waals surface area contributed by atoms with E-state index in [4.69, 9.17) is 15.2 Å². The van der Waals surface area contributed by atoms with E-state index >= 15 is 0 Å². The van der Waals surface area contributed by atoms with Gasteiger partial charge in [0, 0.05) is 11.6 Å². The lowest BCUT2D eigenvalue weighted by molar-refractivity contribution is 0.379. The van der Waals surface area contributed by atoms with Crippen LogP contribution in [0.25, 0.3) is 0 Å². The van der Waals surface area contributed by atoms with Crippen molar-refractivity contribution >= 4 is 15.9 Å². The third-order valence-electron chi connectivity index (χ3n) is 3.12. The van der Waals surface area contributed by atoms with Gasteiger partial charge < -0.3 is 15.2 Å². The van der Waals surface area contributed by atoms with Crippen molar-refractivity contribution < 1.29 is 9.47 Å². The molecule has 2 atom stereocenters. The summed E-state index contributed by atoms with van der Waals surface area (Å²) in [5.41, 5.74) is 7.24. The Morgan fingerprint density at radius 1 is 1.24 bits per heavy atom. The molecule has 0 aliphatic rings. The van der Waals surface area contributed by atoms with Gasteiger partial charge in [-0.15, -0.1) is 0 Å². The van der Waals surface area contributed by atoms with E-state index in [0.717, 1.165) is 28.0 Å². The van der Waals surface area contributed by atoms with E-state index in [9.17, 15) is 0 Å². The van der Waals surface area contributed by atoms with Gasteiger partial charge >= 0.3 is 0 Å². The lowest BCUT2D eigenvalue weighted by atomic mass is 9.92. The summed E-state index contributed by atoms with van der Waals surface area (Å²) in [5, 5.41) is 0. The van der Waals surface area contributed by atoms with Crippen LogP contribution in [-0.2, 0) is 0 Å². The molecule has 1 aromatic carbocycles. The van der Waals surface area contributed by atoms with Crippen LogP contribution in [0, 0.1) is 5.92 Å². The van der Waals surface area contributed by atoms with Gasteiger partial charge in [-0.25, -0.2) is 0 Å². The minimum atomic E-state index is -0.0445. The van der Waals surface area contributed by atoms with Gasteiger partial charge in [0.05, 0.1) is 18.7 Å². The highest BCUT2D eigenvalue weighted by Crippen LogP contribution is 2.37. The Balaban J connectivity index is 3.20. The molecule has 0 spiro atoms. The molecule has 0 saturated carbocycles. The van der Waals surface area contributed by atoms with Crippen molar-refractivity contribution in [1.29, 1.82) is 0 Å². The van der Waals surface area contributed by atoms with Gasteiger partial charge in [0.2, 0.25) is 0 Å². The largest absolute Gasteiger partial charge is 0.496 e. The standard InChI is InChI=1S/C13H20BrNO2/c1-5-8(2)13(15)9-6-12(17-4)10(14)7-11(9)16-3/h6-8,13H,5,15H2,1-4H3/t8?,13-/m1/s1. The van der Waals surface area contributed by atoms with Gasteiger partial charge in [-0.2, -0.15) is 0 Å². The van der Waals surface area contributed by atoms with Crippen LogP contribution in [0.4, 0.5) is 0 Å². The predicted molar refractivity (Wildman–Crippen MR) is 73.6 cm³/mol. The van der Waals surface area contributed by atoms with E-state index in [1.807, 2.05) is 12.1 Å². The molecule has 0 bridgehead atoms. The van der Waals surface area contributed by atoms with Gasteiger partial charge in [-0.1, -0.05) is 20.3 Å². The normalized spacial score (nSPS) is 14.2. The zero-order chi connectivity index (χ0) is 13.0. The van der Waals surface area contributed by atoms with Crippen LogP contribution in [0.3, 0.4) is 0 Å². The van der Waals surface area contributed by atoms with Crippen molar-refractivity contribution in [3.8, 4) is 11.5 Å². The molecule has 0 heterocycles. The zero-order valence-corrected chi connectivity index (χ0v) is 12.4. The minimum absolute atomic E-state index is 0.0445. The summed E-state index contributed by atoms with van der Waals surface area (Å²) in [6, 6.07) is 3.80. The van der Waals surface area contributed by atoms with Crippen LogP contribution < -0.4 is 15.2 Å². The first-order valence-corrected chi connectivity index (χ1v) is 6.51. The molecule has 17 heavy (non-hydrogen) atoms. The first-order valence-electron chi connectivity index (χ1n) is 5.72. The third kappa shape index (κ3) is 3.13. The predicted octanol–water partition coefficient (Wildman–Crippen LogP) is 3.51. The molecule has 0 amide bonds. The number of benzene rings is 1. The van der Waals surface area contributed by atoms with Crippen molar-refractivity contribution in [1.82, 2.24) is 0 Å². The molecule has 1 aromatic rings. The smallest absolute Gasteiger partial charge is 0.133 e. The molecule has 0 aliphatic carbocycles. The minimum Gasteiger partial charge on any atom is -0.496 e. The number of rotatable bonds is 5. The van der Waals surface area contributed by atoms with Crippen LogP contribution in [-0.4, -0.2) is 14.2 Å². The van der Waals surface area contributed by atoms with Crippen molar-refractivity contribution in [3.63, 3.8) is 0 Å². The molecule has 0 radical (unpaired) electrons. The Bertz CT molecular complexity index is 382. The van der Waals surface area contributed by atoms with E-state index in [1.165, 1.54) is 0 Å². The molecule has 3 nitrogen and oxygen atoms in total. The molecule has 1 unspecified atom stereocenters. The second-order valence-electron chi connectivity index (χ2n) is 4.14. The summed E-state index contributed by atoms with van der Waals surface area (Å²) in [7, 11) is 3.30. The topological polar surface area (TPSA) is 44.5 Å². The fraction of sp³-hybridized carbons (Fsp3) is 0.538. The number of halogens is 1. The van der Waals surface area contributed by atoms with E-state index in [0.29, 0.717) is 5.92 Å². The summed E-state index contributed by atoms with van der Waals surface area (Å²) < 4.78 is 11.5. The molecule has 0 fully saturated rings. The van der Waals surface area contributed by atoms with Gasteiger partial charge in [0.25, 0.3) is 0 Å². The third-order valence-corrected chi connectivity index (χ3v) is 3.74. The molecule has 0 saturated heterocycles. The molecule has 0 aromatic heterocycles. The Hall–Kier alpha value is -0.740. The molecule has 0 aliphatic heterocycles. The maximum absolute atomic E-state index is 6.25. The first kappa shape index (κ1) is 14.3. The number of ether oxygens (including phenoxy) is 2. The van der Waals surface area contributed by atoms with E-state index in [2.05, 4.69) is 29.8 Å². The number of nitrogens with two attached hydrogens (primary N) is 1. The summed E-state index contributed by atoms with van der Waals surface area (Å²) in [5.74, 6) is 1.97. The summed E-state index contributed by atoms with van der Waals surface area (Å²) in [4.78, 5) is 0. The van der Waals surface area contributed by atoms with Crippen molar-refractivity contribution in [2.45, 2.75) is 26.3 Å². The average molecular weight is 302 g/mol. The van der Waals surface area contributed by atoms with E-state index < -0.39 is 0 Å². The number of hydrogen-bond acceptors (Lipinski definition) is 3. The van der Waals surface area contributed by atoms with Crippen LogP contribution in [0.5, 0.6) is 11.5 Å². The maximum atomic E-state index is 6.25. The monoisotopic (exact) mass is 301 g/mol. The zero-order valence-electron chi connectivity index (χ0n) is 10.8. The molecule has 96 valence electrons. The fourth-order valence-electron chi connectivity index (χ4n) is 1.71. The van der Waals surface area contributed by atoms with Gasteiger partial charge in [0.1, 0.15) is 11.5 Å². The van der Waals surface area contributed by atoms with E-state index in [1.54, 1.807) is 14.2 Å².